The van der Waals surface area contributed by atoms with Crippen molar-refractivity contribution in [2.75, 3.05) is 5.32 Å². The van der Waals surface area contributed by atoms with Crippen LogP contribution in [0, 0.1) is 12.7 Å². The minimum absolute atomic E-state index is 0.219. The van der Waals surface area contributed by atoms with E-state index in [1.807, 2.05) is 19.1 Å². The van der Waals surface area contributed by atoms with E-state index in [2.05, 4.69) is 21.2 Å². The maximum atomic E-state index is 13.7. The molecule has 120 valence electrons. The van der Waals surface area contributed by atoms with Crippen molar-refractivity contribution in [3.05, 3.63) is 63.9 Å². The molecule has 0 aliphatic heterocycles. The molecule has 0 unspecified atom stereocenters. The molecule has 0 aromatic heterocycles. The molecule has 4 nitrogen and oxygen atoms in total. The van der Waals surface area contributed by atoms with Crippen molar-refractivity contribution < 1.29 is 18.7 Å². The van der Waals surface area contributed by atoms with Crippen LogP contribution in [-0.2, 0) is 9.53 Å². The van der Waals surface area contributed by atoms with Crippen LogP contribution in [0.25, 0.3) is 0 Å². The SMILES string of the molecule is Cc1ccc(NC(=O)[C@H](C)OC(=O)c2ccc(Br)cc2F)cc1. The van der Waals surface area contributed by atoms with E-state index in [0.29, 0.717) is 10.2 Å². The molecule has 0 saturated carbocycles. The molecule has 0 aliphatic carbocycles. The molecule has 0 spiro atoms. The number of rotatable bonds is 4. The van der Waals surface area contributed by atoms with Crippen LogP contribution in [-0.4, -0.2) is 18.0 Å². The fourth-order valence-corrected chi connectivity index (χ4v) is 2.15. The summed E-state index contributed by atoms with van der Waals surface area (Å²) in [6.45, 7) is 3.36. The monoisotopic (exact) mass is 379 g/mol. The van der Waals surface area contributed by atoms with E-state index in [4.69, 9.17) is 4.74 Å². The van der Waals surface area contributed by atoms with Gasteiger partial charge in [-0.25, -0.2) is 9.18 Å². The Morgan fingerprint density at radius 3 is 2.43 bits per heavy atom. The highest BCUT2D eigenvalue weighted by Gasteiger charge is 2.21. The second kappa shape index (κ2) is 7.37. The largest absolute Gasteiger partial charge is 0.449 e. The Bertz CT molecular complexity index is 731. The lowest BCUT2D eigenvalue weighted by molar-refractivity contribution is -0.123. The number of carbonyl (C=O) groups is 2. The topological polar surface area (TPSA) is 55.4 Å². The van der Waals surface area contributed by atoms with Gasteiger partial charge in [0.05, 0.1) is 5.56 Å². The summed E-state index contributed by atoms with van der Waals surface area (Å²) >= 11 is 3.11. The van der Waals surface area contributed by atoms with Gasteiger partial charge in [0, 0.05) is 10.2 Å². The van der Waals surface area contributed by atoms with Crippen LogP contribution < -0.4 is 5.32 Å². The van der Waals surface area contributed by atoms with Crippen LogP contribution in [0.5, 0.6) is 0 Å². The highest BCUT2D eigenvalue weighted by atomic mass is 79.9. The zero-order valence-electron chi connectivity index (χ0n) is 12.6. The van der Waals surface area contributed by atoms with Gasteiger partial charge in [0.2, 0.25) is 0 Å². The number of halogens is 2. The molecule has 1 amide bonds. The summed E-state index contributed by atoms with van der Waals surface area (Å²) in [7, 11) is 0. The standard InChI is InChI=1S/C17H15BrFNO3/c1-10-3-6-13(7-4-10)20-16(21)11(2)23-17(22)14-8-5-12(18)9-15(14)19/h3-9,11H,1-2H3,(H,20,21)/t11-/m0/s1. The summed E-state index contributed by atoms with van der Waals surface area (Å²) < 4.78 is 19.2. The summed E-state index contributed by atoms with van der Waals surface area (Å²) in [4.78, 5) is 23.9. The molecular weight excluding hydrogens is 365 g/mol. The van der Waals surface area contributed by atoms with Crippen LogP contribution in [0.3, 0.4) is 0 Å². The summed E-state index contributed by atoms with van der Waals surface area (Å²) in [5.41, 5.74) is 1.44. The Kier molecular flexibility index (Phi) is 5.50. The average Bonchev–Trinajstić information content (AvgIpc) is 2.49. The van der Waals surface area contributed by atoms with Crippen molar-refractivity contribution in [2.45, 2.75) is 20.0 Å². The number of esters is 1. The number of aryl methyl sites for hydroxylation is 1. The fourth-order valence-electron chi connectivity index (χ4n) is 1.81. The highest BCUT2D eigenvalue weighted by molar-refractivity contribution is 9.10. The number of benzene rings is 2. The Morgan fingerprint density at radius 2 is 1.83 bits per heavy atom. The molecule has 2 rings (SSSR count). The number of anilines is 1. The van der Waals surface area contributed by atoms with Gasteiger partial charge in [-0.15, -0.1) is 0 Å². The van der Waals surface area contributed by atoms with E-state index < -0.39 is 23.8 Å². The molecule has 1 atom stereocenters. The average molecular weight is 380 g/mol. The third-order valence-electron chi connectivity index (χ3n) is 3.12. The lowest BCUT2D eigenvalue weighted by Gasteiger charge is -2.14. The molecule has 0 aliphatic rings. The molecule has 0 heterocycles. The smallest absolute Gasteiger partial charge is 0.341 e. The summed E-state index contributed by atoms with van der Waals surface area (Å²) in [6.07, 6.45) is -1.05. The van der Waals surface area contributed by atoms with Crippen molar-refractivity contribution >= 4 is 33.5 Å². The molecule has 2 aromatic rings. The first kappa shape index (κ1) is 17.1. The van der Waals surface area contributed by atoms with Gasteiger partial charge in [0.25, 0.3) is 5.91 Å². The predicted octanol–water partition coefficient (Wildman–Crippen LogP) is 4.08. The lowest BCUT2D eigenvalue weighted by atomic mass is 10.2. The number of carbonyl (C=O) groups excluding carboxylic acids is 2. The first-order valence-corrected chi connectivity index (χ1v) is 7.69. The molecule has 0 fully saturated rings. The molecule has 0 saturated heterocycles. The third kappa shape index (κ3) is 4.63. The van der Waals surface area contributed by atoms with Crippen molar-refractivity contribution in [3.8, 4) is 0 Å². The van der Waals surface area contributed by atoms with E-state index in [9.17, 15) is 14.0 Å². The lowest BCUT2D eigenvalue weighted by Crippen LogP contribution is -2.30. The van der Waals surface area contributed by atoms with Gasteiger partial charge in [-0.05, 0) is 44.2 Å². The number of ether oxygens (including phenoxy) is 1. The van der Waals surface area contributed by atoms with Crippen LogP contribution in [0.2, 0.25) is 0 Å². The maximum absolute atomic E-state index is 13.7. The van der Waals surface area contributed by atoms with Crippen molar-refractivity contribution in [3.63, 3.8) is 0 Å². The number of nitrogens with one attached hydrogen (secondary N) is 1. The number of hydrogen-bond donors (Lipinski definition) is 1. The van der Waals surface area contributed by atoms with Crippen LogP contribution >= 0.6 is 15.9 Å². The van der Waals surface area contributed by atoms with Crippen LogP contribution in [0.15, 0.2) is 46.9 Å². The first-order valence-electron chi connectivity index (χ1n) is 6.90. The molecule has 23 heavy (non-hydrogen) atoms. The zero-order valence-corrected chi connectivity index (χ0v) is 14.2. The first-order chi connectivity index (χ1) is 10.9. The van der Waals surface area contributed by atoms with Crippen LogP contribution in [0.1, 0.15) is 22.8 Å². The normalized spacial score (nSPS) is 11.7. The van der Waals surface area contributed by atoms with Crippen molar-refractivity contribution in [1.29, 1.82) is 0 Å². The van der Waals surface area contributed by atoms with Gasteiger partial charge in [-0.2, -0.15) is 0 Å². The Balaban J connectivity index is 2.00. The van der Waals surface area contributed by atoms with Gasteiger partial charge in [-0.1, -0.05) is 33.6 Å². The van der Waals surface area contributed by atoms with Gasteiger partial charge >= 0.3 is 5.97 Å². The predicted molar refractivity (Wildman–Crippen MR) is 88.8 cm³/mol. The number of hydrogen-bond acceptors (Lipinski definition) is 3. The Hall–Kier alpha value is -2.21. The quantitative estimate of drug-likeness (QED) is 0.814. The van der Waals surface area contributed by atoms with Crippen molar-refractivity contribution in [2.24, 2.45) is 0 Å². The van der Waals surface area contributed by atoms with E-state index in [0.717, 1.165) is 11.6 Å². The van der Waals surface area contributed by atoms with E-state index in [-0.39, 0.29) is 5.56 Å². The summed E-state index contributed by atoms with van der Waals surface area (Å²) in [5.74, 6) is -2.09. The molecule has 1 N–H and O–H groups in total. The molecular formula is C17H15BrFNO3. The third-order valence-corrected chi connectivity index (χ3v) is 3.62. The van der Waals surface area contributed by atoms with E-state index in [1.54, 1.807) is 12.1 Å². The summed E-state index contributed by atoms with van der Waals surface area (Å²) in [6, 6.07) is 11.2. The zero-order chi connectivity index (χ0) is 17.0. The van der Waals surface area contributed by atoms with Crippen LogP contribution in [0.4, 0.5) is 10.1 Å². The maximum Gasteiger partial charge on any atom is 0.341 e. The fraction of sp³-hybridized carbons (Fsp3) is 0.176. The van der Waals surface area contributed by atoms with E-state index >= 15 is 0 Å². The van der Waals surface area contributed by atoms with Gasteiger partial charge < -0.3 is 10.1 Å². The second-order valence-corrected chi connectivity index (χ2v) is 5.94. The molecule has 0 radical (unpaired) electrons. The highest BCUT2D eigenvalue weighted by Crippen LogP contribution is 2.17. The molecule has 2 aromatic carbocycles. The molecule has 6 heteroatoms. The van der Waals surface area contributed by atoms with Gasteiger partial charge in [0.1, 0.15) is 5.82 Å². The minimum Gasteiger partial charge on any atom is -0.449 e. The summed E-state index contributed by atoms with van der Waals surface area (Å²) in [5, 5.41) is 2.63. The Morgan fingerprint density at radius 1 is 1.17 bits per heavy atom. The van der Waals surface area contributed by atoms with Gasteiger partial charge in [-0.3, -0.25) is 4.79 Å². The second-order valence-electron chi connectivity index (χ2n) is 5.03. The minimum atomic E-state index is -1.05. The van der Waals surface area contributed by atoms with E-state index in [1.165, 1.54) is 19.1 Å². The Labute approximate surface area is 141 Å². The van der Waals surface area contributed by atoms with Crippen molar-refractivity contribution in [1.82, 2.24) is 0 Å². The number of amides is 1. The molecule has 0 bridgehead atoms. The van der Waals surface area contributed by atoms with Gasteiger partial charge in [0.15, 0.2) is 6.10 Å².